The Balaban J connectivity index is 1.68. The molecule has 0 spiro atoms. The maximum absolute atomic E-state index is 12.7. The number of benzene rings is 2. The second-order valence-electron chi connectivity index (χ2n) is 6.87. The third-order valence-corrected chi connectivity index (χ3v) is 7.10. The number of hydrogen-bond acceptors (Lipinski definition) is 6. The van der Waals surface area contributed by atoms with E-state index in [2.05, 4.69) is 15.4 Å². The zero-order valence-corrected chi connectivity index (χ0v) is 18.7. The summed E-state index contributed by atoms with van der Waals surface area (Å²) in [5.41, 5.74) is 2.83. The Morgan fingerprint density at radius 1 is 1.13 bits per heavy atom. The van der Waals surface area contributed by atoms with Crippen LogP contribution in [-0.4, -0.2) is 35.3 Å². The van der Waals surface area contributed by atoms with E-state index in [1.807, 2.05) is 26.0 Å². The predicted molar refractivity (Wildman–Crippen MR) is 119 cm³/mol. The van der Waals surface area contributed by atoms with Crippen LogP contribution in [0.4, 0.5) is 5.82 Å². The second-order valence-corrected chi connectivity index (χ2v) is 10.3. The Labute approximate surface area is 182 Å². The fourth-order valence-electron chi connectivity index (χ4n) is 2.96. The monoisotopic (exact) mass is 460 g/mol. The molecule has 0 aliphatic heterocycles. The minimum Gasteiger partial charge on any atom is -0.306 e. The van der Waals surface area contributed by atoms with Gasteiger partial charge in [0.25, 0.3) is 5.91 Å². The summed E-state index contributed by atoms with van der Waals surface area (Å²) in [5.74, 6) is 0.0732. The van der Waals surface area contributed by atoms with Crippen molar-refractivity contribution in [2.75, 3.05) is 11.6 Å². The number of carbonyl (C=O) groups excluding carboxylic acids is 1. The lowest BCUT2D eigenvalue weighted by atomic mass is 10.2. The summed E-state index contributed by atoms with van der Waals surface area (Å²) < 4.78 is 25.6. The number of nitrogens with one attached hydrogen (secondary N) is 1. The first kappa shape index (κ1) is 20.5. The van der Waals surface area contributed by atoms with Crippen LogP contribution in [0.1, 0.15) is 21.6 Å². The number of hydrogen-bond donors (Lipinski definition) is 1. The van der Waals surface area contributed by atoms with Crippen molar-refractivity contribution < 1.29 is 13.2 Å². The molecular weight excluding hydrogens is 444 g/mol. The van der Waals surface area contributed by atoms with Crippen LogP contribution in [0.2, 0.25) is 5.02 Å². The molecule has 0 radical (unpaired) electrons. The number of aromatic nitrogens is 3. The van der Waals surface area contributed by atoms with Crippen LogP contribution in [0.25, 0.3) is 15.3 Å². The van der Waals surface area contributed by atoms with Gasteiger partial charge in [-0.15, -0.1) is 0 Å². The van der Waals surface area contributed by atoms with Gasteiger partial charge in [0.1, 0.15) is 5.82 Å². The Morgan fingerprint density at radius 2 is 1.83 bits per heavy atom. The Morgan fingerprint density at radius 3 is 2.47 bits per heavy atom. The number of carbonyl (C=O) groups is 1. The molecule has 0 unspecified atom stereocenters. The first-order valence-corrected chi connectivity index (χ1v) is 12.0. The lowest BCUT2D eigenvalue weighted by Crippen LogP contribution is -2.15. The molecule has 30 heavy (non-hydrogen) atoms. The van der Waals surface area contributed by atoms with Gasteiger partial charge in [-0.25, -0.2) is 13.4 Å². The Kier molecular flexibility index (Phi) is 5.13. The number of fused-ring (bicyclic) bond motifs is 1. The van der Waals surface area contributed by atoms with Gasteiger partial charge in [-0.3, -0.25) is 4.79 Å². The third kappa shape index (κ3) is 3.83. The standard InChI is InChI=1S/C20H17ClN4O3S2/c1-11-4-9-15(21)18-17(11)23-20(29-18)25-16(10-12(2)24-25)22-19(26)13-5-7-14(8-6-13)30(3,27)28/h4-10H,1-3H3,(H,22,26). The maximum atomic E-state index is 12.7. The van der Waals surface area contributed by atoms with Gasteiger partial charge in [0.2, 0.25) is 5.13 Å². The molecule has 0 saturated heterocycles. The molecule has 1 N–H and O–H groups in total. The highest BCUT2D eigenvalue weighted by Gasteiger charge is 2.17. The fourth-order valence-corrected chi connectivity index (χ4v) is 4.87. The van der Waals surface area contributed by atoms with E-state index in [0.717, 1.165) is 22.0 Å². The number of sulfone groups is 1. The summed E-state index contributed by atoms with van der Waals surface area (Å²) in [6, 6.07) is 11.2. The van der Waals surface area contributed by atoms with Crippen LogP contribution in [0.5, 0.6) is 0 Å². The number of anilines is 1. The number of amides is 1. The smallest absolute Gasteiger partial charge is 0.256 e. The fraction of sp³-hybridized carbons (Fsp3) is 0.150. The van der Waals surface area contributed by atoms with Crippen LogP contribution < -0.4 is 5.32 Å². The SMILES string of the molecule is Cc1cc(NC(=O)c2ccc(S(C)(=O)=O)cc2)n(-c2nc3c(C)ccc(Cl)c3s2)n1. The molecule has 0 fully saturated rings. The zero-order chi connectivity index (χ0) is 21.6. The van der Waals surface area contributed by atoms with Gasteiger partial charge in [0.15, 0.2) is 9.84 Å². The summed E-state index contributed by atoms with van der Waals surface area (Å²) >= 11 is 7.70. The van der Waals surface area contributed by atoms with Gasteiger partial charge in [-0.1, -0.05) is 29.0 Å². The molecule has 2 aromatic heterocycles. The third-order valence-electron chi connectivity index (χ3n) is 4.48. The van der Waals surface area contributed by atoms with Crippen molar-refractivity contribution in [1.82, 2.24) is 14.8 Å². The van der Waals surface area contributed by atoms with Crippen LogP contribution in [0, 0.1) is 13.8 Å². The number of rotatable bonds is 4. The average Bonchev–Trinajstić information content (AvgIpc) is 3.28. The summed E-state index contributed by atoms with van der Waals surface area (Å²) in [7, 11) is -3.33. The summed E-state index contributed by atoms with van der Waals surface area (Å²) in [6.45, 7) is 3.78. The molecular formula is C20H17ClN4O3S2. The molecule has 2 aromatic carbocycles. The molecule has 4 rings (SSSR count). The minimum absolute atomic E-state index is 0.154. The predicted octanol–water partition coefficient (Wildman–Crippen LogP) is 4.41. The van der Waals surface area contributed by atoms with E-state index < -0.39 is 9.84 Å². The van der Waals surface area contributed by atoms with Gasteiger partial charge in [0, 0.05) is 17.9 Å². The second kappa shape index (κ2) is 7.50. The van der Waals surface area contributed by atoms with E-state index in [1.165, 1.54) is 35.6 Å². The van der Waals surface area contributed by atoms with Gasteiger partial charge >= 0.3 is 0 Å². The molecule has 10 heteroatoms. The van der Waals surface area contributed by atoms with Crippen molar-refractivity contribution in [2.45, 2.75) is 18.7 Å². The molecule has 0 bridgehead atoms. The van der Waals surface area contributed by atoms with Crippen LogP contribution in [-0.2, 0) is 9.84 Å². The molecule has 7 nitrogen and oxygen atoms in total. The van der Waals surface area contributed by atoms with Crippen molar-refractivity contribution in [3.63, 3.8) is 0 Å². The molecule has 1 amide bonds. The summed E-state index contributed by atoms with van der Waals surface area (Å²) in [6.07, 6.45) is 1.12. The topological polar surface area (TPSA) is 94.0 Å². The van der Waals surface area contributed by atoms with Gasteiger partial charge < -0.3 is 5.32 Å². The first-order valence-electron chi connectivity index (χ1n) is 8.87. The Hall–Kier alpha value is -2.75. The van der Waals surface area contributed by atoms with E-state index >= 15 is 0 Å². The normalized spacial score (nSPS) is 11.7. The average molecular weight is 461 g/mol. The van der Waals surface area contributed by atoms with Gasteiger partial charge in [-0.2, -0.15) is 9.78 Å². The van der Waals surface area contributed by atoms with E-state index in [1.54, 1.807) is 10.7 Å². The van der Waals surface area contributed by atoms with E-state index in [9.17, 15) is 13.2 Å². The van der Waals surface area contributed by atoms with Crippen LogP contribution >= 0.6 is 22.9 Å². The lowest BCUT2D eigenvalue weighted by Gasteiger charge is -2.07. The van der Waals surface area contributed by atoms with Gasteiger partial charge in [0.05, 0.1) is 25.8 Å². The minimum atomic E-state index is -3.33. The molecule has 2 heterocycles. The van der Waals surface area contributed by atoms with E-state index in [0.29, 0.717) is 27.2 Å². The Bertz CT molecular complexity index is 1350. The molecule has 0 atom stereocenters. The quantitative estimate of drug-likeness (QED) is 0.487. The molecule has 154 valence electrons. The zero-order valence-electron chi connectivity index (χ0n) is 16.3. The van der Waals surface area contributed by atoms with Crippen molar-refractivity contribution in [1.29, 1.82) is 0 Å². The summed E-state index contributed by atoms with van der Waals surface area (Å²) in [4.78, 5) is 17.5. The summed E-state index contributed by atoms with van der Waals surface area (Å²) in [5, 5.41) is 8.47. The van der Waals surface area contributed by atoms with Crippen molar-refractivity contribution in [2.24, 2.45) is 0 Å². The highest BCUT2D eigenvalue weighted by Crippen LogP contribution is 2.34. The number of halogens is 1. The molecule has 4 aromatic rings. The number of thiazole rings is 1. The highest BCUT2D eigenvalue weighted by atomic mass is 35.5. The van der Waals surface area contributed by atoms with Crippen LogP contribution in [0.3, 0.4) is 0 Å². The van der Waals surface area contributed by atoms with E-state index in [4.69, 9.17) is 11.6 Å². The van der Waals surface area contributed by atoms with Crippen molar-refractivity contribution >= 4 is 54.7 Å². The number of nitrogens with zero attached hydrogens (tertiary/aromatic N) is 3. The van der Waals surface area contributed by atoms with E-state index in [-0.39, 0.29) is 10.8 Å². The van der Waals surface area contributed by atoms with Crippen molar-refractivity contribution in [3.8, 4) is 5.13 Å². The molecule has 0 aliphatic carbocycles. The molecule has 0 aliphatic rings. The van der Waals surface area contributed by atoms with Crippen molar-refractivity contribution in [3.05, 3.63) is 64.3 Å². The first-order chi connectivity index (χ1) is 14.1. The van der Waals surface area contributed by atoms with Crippen LogP contribution in [0.15, 0.2) is 47.4 Å². The lowest BCUT2D eigenvalue weighted by molar-refractivity contribution is 0.102. The number of aryl methyl sites for hydroxylation is 2. The largest absolute Gasteiger partial charge is 0.306 e. The van der Waals surface area contributed by atoms with Gasteiger partial charge in [-0.05, 0) is 49.7 Å². The highest BCUT2D eigenvalue weighted by molar-refractivity contribution is 7.90. The molecule has 0 saturated carbocycles. The maximum Gasteiger partial charge on any atom is 0.256 e.